The quantitative estimate of drug-likeness (QED) is 0.886. The largest absolute Gasteiger partial charge is 0.310 e. The third-order valence-electron chi connectivity index (χ3n) is 3.96. The average Bonchev–Trinajstić information content (AvgIpc) is 2.39. The number of piperidine rings is 1. The first kappa shape index (κ1) is 15.5. The molecule has 1 aromatic carbocycles. The van der Waals surface area contributed by atoms with Crippen molar-refractivity contribution in [3.8, 4) is 0 Å². The van der Waals surface area contributed by atoms with E-state index in [1.807, 2.05) is 12.1 Å². The minimum absolute atomic E-state index is 0.0727. The average molecular weight is 278 g/mol. The van der Waals surface area contributed by atoms with E-state index in [1.165, 1.54) is 18.4 Å². The monoisotopic (exact) mass is 278 g/mol. The molecule has 1 unspecified atom stereocenters. The fourth-order valence-corrected chi connectivity index (χ4v) is 2.85. The van der Waals surface area contributed by atoms with Crippen LogP contribution < -0.4 is 5.32 Å². The lowest BCUT2D eigenvalue weighted by Crippen LogP contribution is -2.34. The first-order valence-corrected chi connectivity index (χ1v) is 7.77. The van der Waals surface area contributed by atoms with Gasteiger partial charge in [-0.05, 0) is 36.9 Å². The molecule has 3 heteroatoms. The first-order chi connectivity index (χ1) is 9.54. The molecule has 0 bridgehead atoms. The van der Waals surface area contributed by atoms with Crippen molar-refractivity contribution < 1.29 is 4.39 Å². The van der Waals surface area contributed by atoms with E-state index in [1.54, 1.807) is 6.07 Å². The van der Waals surface area contributed by atoms with Gasteiger partial charge in [-0.25, -0.2) is 4.39 Å². The zero-order chi connectivity index (χ0) is 14.5. The van der Waals surface area contributed by atoms with Crippen LogP contribution in [0.4, 0.5) is 4.39 Å². The van der Waals surface area contributed by atoms with Crippen molar-refractivity contribution >= 4 is 0 Å². The van der Waals surface area contributed by atoms with Crippen molar-refractivity contribution in [3.05, 3.63) is 35.1 Å². The molecule has 0 aliphatic carbocycles. The third-order valence-corrected chi connectivity index (χ3v) is 3.96. The van der Waals surface area contributed by atoms with E-state index in [2.05, 4.69) is 31.0 Å². The molecule has 1 aliphatic rings. The molecule has 1 saturated heterocycles. The van der Waals surface area contributed by atoms with E-state index < -0.39 is 0 Å². The predicted molar refractivity (Wildman–Crippen MR) is 82.1 cm³/mol. The normalized spacial score (nSPS) is 20.6. The van der Waals surface area contributed by atoms with Gasteiger partial charge in [0.05, 0.1) is 0 Å². The van der Waals surface area contributed by atoms with Crippen molar-refractivity contribution in [1.29, 1.82) is 0 Å². The topological polar surface area (TPSA) is 15.3 Å². The van der Waals surface area contributed by atoms with Crippen molar-refractivity contribution in [2.24, 2.45) is 5.92 Å². The summed E-state index contributed by atoms with van der Waals surface area (Å²) in [4.78, 5) is 2.38. The fraction of sp³-hybridized carbons (Fsp3) is 0.647. The van der Waals surface area contributed by atoms with Crippen LogP contribution in [0.1, 0.15) is 44.7 Å². The highest BCUT2D eigenvalue weighted by Crippen LogP contribution is 2.20. The van der Waals surface area contributed by atoms with Gasteiger partial charge >= 0.3 is 0 Å². The second-order valence-corrected chi connectivity index (χ2v) is 6.44. The Bertz CT molecular complexity index is 431. The summed E-state index contributed by atoms with van der Waals surface area (Å²) < 4.78 is 14.0. The molecular formula is C17H27FN2. The molecule has 2 rings (SSSR count). The lowest BCUT2D eigenvalue weighted by molar-refractivity contribution is 0.175. The number of rotatable bonds is 5. The van der Waals surface area contributed by atoms with Crippen LogP contribution in [-0.4, -0.2) is 24.0 Å². The van der Waals surface area contributed by atoms with Gasteiger partial charge in [0.2, 0.25) is 0 Å². The lowest BCUT2D eigenvalue weighted by Gasteiger charge is -2.31. The molecule has 1 aromatic rings. The van der Waals surface area contributed by atoms with Gasteiger partial charge in [-0.2, -0.15) is 0 Å². The molecule has 1 atom stereocenters. The Morgan fingerprint density at radius 1 is 1.40 bits per heavy atom. The van der Waals surface area contributed by atoms with Gasteiger partial charge in [-0.15, -0.1) is 0 Å². The summed E-state index contributed by atoms with van der Waals surface area (Å²) in [7, 11) is 0. The van der Waals surface area contributed by atoms with Crippen LogP contribution >= 0.6 is 0 Å². The van der Waals surface area contributed by atoms with E-state index in [9.17, 15) is 4.39 Å². The van der Waals surface area contributed by atoms with Crippen LogP contribution in [0, 0.1) is 11.7 Å². The maximum Gasteiger partial charge on any atom is 0.127 e. The number of nitrogens with zero attached hydrogens (tertiary/aromatic N) is 1. The van der Waals surface area contributed by atoms with Gasteiger partial charge in [-0.1, -0.05) is 32.9 Å². The van der Waals surface area contributed by atoms with E-state index in [4.69, 9.17) is 0 Å². The lowest BCUT2D eigenvalue weighted by atomic mass is 9.99. The van der Waals surface area contributed by atoms with Crippen LogP contribution in [-0.2, 0) is 13.1 Å². The van der Waals surface area contributed by atoms with Gasteiger partial charge in [0.25, 0.3) is 0 Å². The minimum atomic E-state index is -0.0727. The number of benzene rings is 1. The molecular weight excluding hydrogens is 251 g/mol. The summed E-state index contributed by atoms with van der Waals surface area (Å²) >= 11 is 0. The number of hydrogen-bond acceptors (Lipinski definition) is 2. The number of halogens is 1. The highest BCUT2D eigenvalue weighted by atomic mass is 19.1. The molecule has 0 spiro atoms. The summed E-state index contributed by atoms with van der Waals surface area (Å²) in [6.07, 6.45) is 2.54. The summed E-state index contributed by atoms with van der Waals surface area (Å²) in [6, 6.07) is 5.96. The molecule has 0 saturated carbocycles. The smallest absolute Gasteiger partial charge is 0.127 e. The Hall–Kier alpha value is -0.930. The highest BCUT2D eigenvalue weighted by Gasteiger charge is 2.17. The molecule has 1 aliphatic heterocycles. The van der Waals surface area contributed by atoms with Crippen LogP contribution in [0.25, 0.3) is 0 Å². The Balaban J connectivity index is 2.00. The number of nitrogens with one attached hydrogen (secondary N) is 1. The molecule has 2 nitrogen and oxygen atoms in total. The molecule has 1 fully saturated rings. The highest BCUT2D eigenvalue weighted by molar-refractivity contribution is 5.25. The minimum Gasteiger partial charge on any atom is -0.310 e. The molecule has 1 heterocycles. The maximum atomic E-state index is 14.0. The summed E-state index contributed by atoms with van der Waals surface area (Å²) in [5, 5.41) is 3.38. The molecule has 112 valence electrons. The van der Waals surface area contributed by atoms with Crippen molar-refractivity contribution in [2.75, 3.05) is 13.1 Å². The predicted octanol–water partition coefficient (Wildman–Crippen LogP) is 3.56. The standard InChI is InChI=1S/C17H27FN2/c1-13(2)19-10-15-6-7-17(18)16(9-15)12-20-8-4-5-14(3)11-20/h6-7,9,13-14,19H,4-5,8,10-12H2,1-3H3. The van der Waals surface area contributed by atoms with Gasteiger partial charge in [0.1, 0.15) is 5.82 Å². The van der Waals surface area contributed by atoms with Crippen molar-refractivity contribution in [2.45, 2.75) is 52.7 Å². The maximum absolute atomic E-state index is 14.0. The van der Waals surface area contributed by atoms with Crippen LogP contribution in [0.3, 0.4) is 0 Å². The number of likely N-dealkylation sites (tertiary alicyclic amines) is 1. The molecule has 0 amide bonds. The van der Waals surface area contributed by atoms with E-state index in [0.717, 1.165) is 37.7 Å². The molecule has 1 N–H and O–H groups in total. The van der Waals surface area contributed by atoms with Gasteiger partial charge in [0.15, 0.2) is 0 Å². The SMILES string of the molecule is CC1CCCN(Cc2cc(CNC(C)C)ccc2F)C1. The molecule has 0 aromatic heterocycles. The van der Waals surface area contributed by atoms with Gasteiger partial charge < -0.3 is 5.32 Å². The molecule has 0 radical (unpaired) electrons. The molecule has 20 heavy (non-hydrogen) atoms. The first-order valence-electron chi connectivity index (χ1n) is 7.77. The second-order valence-electron chi connectivity index (χ2n) is 6.44. The number of hydrogen-bond donors (Lipinski definition) is 1. The van der Waals surface area contributed by atoms with E-state index in [-0.39, 0.29) is 5.82 Å². The summed E-state index contributed by atoms with van der Waals surface area (Å²) in [5.74, 6) is 0.661. The van der Waals surface area contributed by atoms with Crippen molar-refractivity contribution in [1.82, 2.24) is 10.2 Å². The van der Waals surface area contributed by atoms with Crippen LogP contribution in [0.15, 0.2) is 18.2 Å². The zero-order valence-electron chi connectivity index (χ0n) is 13.0. The second kappa shape index (κ2) is 7.19. The zero-order valence-corrected chi connectivity index (χ0v) is 13.0. The van der Waals surface area contributed by atoms with Gasteiger partial charge in [0, 0.05) is 31.2 Å². The fourth-order valence-electron chi connectivity index (χ4n) is 2.85. The summed E-state index contributed by atoms with van der Waals surface area (Å²) in [5.41, 5.74) is 2.00. The van der Waals surface area contributed by atoms with Crippen LogP contribution in [0.5, 0.6) is 0 Å². The summed E-state index contributed by atoms with van der Waals surface area (Å²) in [6.45, 7) is 10.3. The van der Waals surface area contributed by atoms with Crippen molar-refractivity contribution in [3.63, 3.8) is 0 Å². The Morgan fingerprint density at radius 3 is 2.90 bits per heavy atom. The Kier molecular flexibility index (Phi) is 5.55. The Labute approximate surface area is 122 Å². The third kappa shape index (κ3) is 4.57. The van der Waals surface area contributed by atoms with Crippen LogP contribution in [0.2, 0.25) is 0 Å². The van der Waals surface area contributed by atoms with E-state index >= 15 is 0 Å². The van der Waals surface area contributed by atoms with E-state index in [0.29, 0.717) is 6.04 Å². The Morgan fingerprint density at radius 2 is 2.20 bits per heavy atom. The van der Waals surface area contributed by atoms with Gasteiger partial charge in [-0.3, -0.25) is 4.90 Å².